The molecule has 19 heavy (non-hydrogen) atoms. The van der Waals surface area contributed by atoms with Crippen LogP contribution >= 0.6 is 0 Å². The average molecular weight is 260 g/mol. The number of rotatable bonds is 4. The van der Waals surface area contributed by atoms with Gasteiger partial charge in [-0.05, 0) is 25.8 Å². The summed E-state index contributed by atoms with van der Waals surface area (Å²) >= 11 is 0. The molecule has 0 unspecified atom stereocenters. The van der Waals surface area contributed by atoms with Crippen LogP contribution in [0.25, 0.3) is 0 Å². The molecule has 0 bridgehead atoms. The predicted molar refractivity (Wildman–Crippen MR) is 77.7 cm³/mol. The van der Waals surface area contributed by atoms with Crippen LogP contribution < -0.4 is 0 Å². The fraction of sp³-hybridized carbons (Fsp3) is 0.588. The molecule has 0 aromatic carbocycles. The molecular formula is C17H24O2. The molecule has 0 aromatic rings. The van der Waals surface area contributed by atoms with E-state index >= 15 is 0 Å². The molecule has 104 valence electrons. The highest BCUT2D eigenvalue weighted by Gasteiger charge is 2.30. The van der Waals surface area contributed by atoms with Crippen molar-refractivity contribution < 1.29 is 9.53 Å². The van der Waals surface area contributed by atoms with Gasteiger partial charge in [0.05, 0.1) is 12.4 Å². The number of carbonyl (C=O) groups excluding carboxylic acids is 1. The Bertz CT molecular complexity index is 450. The van der Waals surface area contributed by atoms with E-state index in [4.69, 9.17) is 4.74 Å². The summed E-state index contributed by atoms with van der Waals surface area (Å²) in [6.45, 7) is 7.32. The fourth-order valence-corrected chi connectivity index (χ4v) is 2.93. The fourth-order valence-electron chi connectivity index (χ4n) is 2.93. The van der Waals surface area contributed by atoms with Crippen molar-refractivity contribution in [3.63, 3.8) is 0 Å². The molecule has 0 heterocycles. The summed E-state index contributed by atoms with van der Waals surface area (Å²) in [4.78, 5) is 11.3. The average Bonchev–Trinajstić information content (AvgIpc) is 2.40. The highest BCUT2D eigenvalue weighted by Crippen LogP contribution is 2.42. The normalized spacial score (nSPS) is 20.6. The number of ketones is 1. The molecule has 0 saturated carbocycles. The van der Waals surface area contributed by atoms with Gasteiger partial charge in [0.15, 0.2) is 0 Å². The lowest BCUT2D eigenvalue weighted by Gasteiger charge is -2.34. The number of allylic oxidation sites excluding steroid dienone is 6. The van der Waals surface area contributed by atoms with Crippen LogP contribution in [-0.4, -0.2) is 12.4 Å². The van der Waals surface area contributed by atoms with Crippen LogP contribution in [0.15, 0.2) is 35.1 Å². The van der Waals surface area contributed by atoms with Gasteiger partial charge in [-0.15, -0.1) is 0 Å². The maximum atomic E-state index is 11.3. The summed E-state index contributed by atoms with van der Waals surface area (Å²) in [6.07, 6.45) is 10.8. The van der Waals surface area contributed by atoms with Crippen LogP contribution in [0.4, 0.5) is 0 Å². The van der Waals surface area contributed by atoms with Crippen LogP contribution in [-0.2, 0) is 9.53 Å². The number of ether oxygens (including phenoxy) is 1. The third-order valence-electron chi connectivity index (χ3n) is 4.30. The van der Waals surface area contributed by atoms with Gasteiger partial charge in [-0.2, -0.15) is 0 Å². The molecule has 0 aliphatic heterocycles. The van der Waals surface area contributed by atoms with Crippen molar-refractivity contribution in [1.29, 1.82) is 0 Å². The Labute approximate surface area is 116 Å². The van der Waals surface area contributed by atoms with Gasteiger partial charge in [0.25, 0.3) is 0 Å². The van der Waals surface area contributed by atoms with Gasteiger partial charge in [0, 0.05) is 24.7 Å². The summed E-state index contributed by atoms with van der Waals surface area (Å²) in [5.41, 5.74) is 2.96. The summed E-state index contributed by atoms with van der Waals surface area (Å²) in [5, 5.41) is 0. The van der Waals surface area contributed by atoms with Crippen molar-refractivity contribution in [1.82, 2.24) is 0 Å². The number of carbonyl (C=O) groups is 1. The summed E-state index contributed by atoms with van der Waals surface area (Å²) in [5.74, 6) is 1.46. The van der Waals surface area contributed by atoms with Gasteiger partial charge in [0.2, 0.25) is 0 Å². The highest BCUT2D eigenvalue weighted by molar-refractivity contribution is 5.81. The third kappa shape index (κ3) is 3.17. The van der Waals surface area contributed by atoms with Crippen LogP contribution in [0, 0.1) is 5.41 Å². The molecule has 0 fully saturated rings. The van der Waals surface area contributed by atoms with Crippen molar-refractivity contribution in [3.8, 4) is 0 Å². The van der Waals surface area contributed by atoms with E-state index in [0.717, 1.165) is 31.6 Å². The quantitative estimate of drug-likeness (QED) is 0.703. The maximum absolute atomic E-state index is 11.3. The lowest BCUT2D eigenvalue weighted by molar-refractivity contribution is -0.118. The first kappa shape index (κ1) is 14.1. The van der Waals surface area contributed by atoms with E-state index in [9.17, 15) is 4.79 Å². The van der Waals surface area contributed by atoms with Crippen LogP contribution in [0.5, 0.6) is 0 Å². The first-order valence-electron chi connectivity index (χ1n) is 7.28. The van der Waals surface area contributed by atoms with Gasteiger partial charge in [-0.1, -0.05) is 37.1 Å². The molecule has 2 rings (SSSR count). The van der Waals surface area contributed by atoms with E-state index in [0.29, 0.717) is 18.6 Å². The lowest BCUT2D eigenvalue weighted by Crippen LogP contribution is -2.22. The van der Waals surface area contributed by atoms with Crippen molar-refractivity contribution in [2.45, 2.75) is 52.9 Å². The van der Waals surface area contributed by atoms with Crippen molar-refractivity contribution >= 4 is 5.78 Å². The minimum atomic E-state index is 0.0783. The number of hydrogen-bond acceptors (Lipinski definition) is 2. The molecule has 2 nitrogen and oxygen atoms in total. The van der Waals surface area contributed by atoms with Crippen LogP contribution in [0.2, 0.25) is 0 Å². The molecule has 0 atom stereocenters. The zero-order valence-corrected chi connectivity index (χ0v) is 12.3. The zero-order valence-electron chi connectivity index (χ0n) is 12.3. The Kier molecular flexibility index (Phi) is 4.28. The monoisotopic (exact) mass is 260 g/mol. The van der Waals surface area contributed by atoms with Crippen molar-refractivity contribution in [2.75, 3.05) is 6.61 Å². The van der Waals surface area contributed by atoms with E-state index in [1.807, 2.05) is 6.92 Å². The molecule has 0 aromatic heterocycles. The molecule has 0 saturated heterocycles. The van der Waals surface area contributed by atoms with E-state index in [2.05, 4.69) is 32.1 Å². The Balaban J connectivity index is 2.14. The minimum Gasteiger partial charge on any atom is -0.498 e. The standard InChI is InChI=1S/C17H24O2/c1-4-19-16-11-7-14(8-12-16)17(2,3)13-5-9-15(18)10-6-13/h5,7,11H,4,6,8-10,12H2,1-3H3. The molecule has 2 heteroatoms. The Morgan fingerprint density at radius 2 is 1.84 bits per heavy atom. The Morgan fingerprint density at radius 1 is 1.11 bits per heavy atom. The summed E-state index contributed by atoms with van der Waals surface area (Å²) in [6, 6.07) is 0. The molecule has 2 aliphatic rings. The summed E-state index contributed by atoms with van der Waals surface area (Å²) < 4.78 is 5.56. The molecule has 2 aliphatic carbocycles. The number of hydrogen-bond donors (Lipinski definition) is 0. The van der Waals surface area contributed by atoms with Gasteiger partial charge in [-0.3, -0.25) is 4.79 Å². The van der Waals surface area contributed by atoms with E-state index in [1.54, 1.807) is 0 Å². The second kappa shape index (κ2) is 5.77. The first-order chi connectivity index (χ1) is 9.04. The molecule has 0 N–H and O–H groups in total. The van der Waals surface area contributed by atoms with Crippen molar-refractivity contribution in [3.05, 3.63) is 35.1 Å². The van der Waals surface area contributed by atoms with Gasteiger partial charge in [0.1, 0.15) is 5.78 Å². The SMILES string of the molecule is CCOC1=CC=C(C(C)(C)C2=CCC(=O)CC2)CC1. The molecule has 0 radical (unpaired) electrons. The van der Waals surface area contributed by atoms with E-state index in [-0.39, 0.29) is 5.41 Å². The molecular weight excluding hydrogens is 236 g/mol. The highest BCUT2D eigenvalue weighted by atomic mass is 16.5. The lowest BCUT2D eigenvalue weighted by atomic mass is 9.71. The smallest absolute Gasteiger partial charge is 0.136 e. The van der Waals surface area contributed by atoms with Gasteiger partial charge in [-0.25, -0.2) is 0 Å². The largest absolute Gasteiger partial charge is 0.498 e. The molecule has 0 amide bonds. The maximum Gasteiger partial charge on any atom is 0.136 e. The Hall–Kier alpha value is -1.31. The van der Waals surface area contributed by atoms with Crippen LogP contribution in [0.3, 0.4) is 0 Å². The number of Topliss-reactive ketones (excluding diaryl/α,β-unsaturated/α-hetero) is 1. The van der Waals surface area contributed by atoms with E-state index in [1.165, 1.54) is 11.1 Å². The van der Waals surface area contributed by atoms with Crippen LogP contribution in [0.1, 0.15) is 52.9 Å². The topological polar surface area (TPSA) is 26.3 Å². The van der Waals surface area contributed by atoms with Gasteiger partial charge >= 0.3 is 0 Å². The molecule has 0 spiro atoms. The first-order valence-corrected chi connectivity index (χ1v) is 7.28. The van der Waals surface area contributed by atoms with Gasteiger partial charge < -0.3 is 4.74 Å². The predicted octanol–water partition coefficient (Wildman–Crippen LogP) is 4.33. The Morgan fingerprint density at radius 3 is 2.37 bits per heavy atom. The second-order valence-electron chi connectivity index (χ2n) is 5.86. The van der Waals surface area contributed by atoms with Crippen molar-refractivity contribution in [2.24, 2.45) is 5.41 Å². The second-order valence-corrected chi connectivity index (χ2v) is 5.86. The summed E-state index contributed by atoms with van der Waals surface area (Å²) in [7, 11) is 0. The zero-order chi connectivity index (χ0) is 13.9. The minimum absolute atomic E-state index is 0.0783. The van der Waals surface area contributed by atoms with E-state index < -0.39 is 0 Å². The third-order valence-corrected chi connectivity index (χ3v) is 4.30.